The zero-order valence-corrected chi connectivity index (χ0v) is 8.23. The lowest BCUT2D eigenvalue weighted by atomic mass is 9.93. The summed E-state index contributed by atoms with van der Waals surface area (Å²) in [5.41, 5.74) is 5.58. The fraction of sp³-hybridized carbons (Fsp3) is 0.750. The molecule has 1 unspecified atom stereocenters. The number of esters is 1. The topological polar surface area (TPSA) is 81.9 Å². The third-order valence-corrected chi connectivity index (χ3v) is 2.32. The Bertz CT molecular complexity index is 237. The van der Waals surface area contributed by atoms with Crippen LogP contribution in [-0.2, 0) is 14.3 Å². The van der Waals surface area contributed by atoms with Crippen molar-refractivity contribution in [3.05, 3.63) is 0 Å². The monoisotopic (exact) mass is 202 g/mol. The van der Waals surface area contributed by atoms with Crippen molar-refractivity contribution in [3.63, 3.8) is 0 Å². The van der Waals surface area contributed by atoms with Crippen LogP contribution in [0.4, 0.5) is 4.79 Å². The van der Waals surface area contributed by atoms with Gasteiger partial charge in [0.25, 0.3) is 0 Å². The summed E-state index contributed by atoms with van der Waals surface area (Å²) in [5, 5.41) is 0. The molecule has 0 aliphatic carbocycles. The highest BCUT2D eigenvalue weighted by molar-refractivity contribution is 5.76. The maximum Gasteiger partial charge on any atom is 0.409 e. The van der Waals surface area contributed by atoms with Gasteiger partial charge in [-0.3, -0.25) is 4.79 Å². The summed E-state index contributed by atoms with van der Waals surface area (Å²) in [6, 6.07) is -0.652. The normalized spacial score (nSPS) is 18.4. The number of amides is 1. The van der Waals surface area contributed by atoms with Crippen molar-refractivity contribution in [2.75, 3.05) is 27.3 Å². The number of likely N-dealkylation sites (tertiary alicyclic amines) is 1. The molecule has 2 N–H and O–H groups in total. The fourth-order valence-electron chi connectivity index (χ4n) is 1.35. The first-order valence-corrected chi connectivity index (χ1v) is 4.26. The number of carbonyl (C=O) groups is 2. The molecule has 1 aliphatic heterocycles. The van der Waals surface area contributed by atoms with Crippen LogP contribution < -0.4 is 5.73 Å². The van der Waals surface area contributed by atoms with Gasteiger partial charge in [0.05, 0.1) is 14.2 Å². The van der Waals surface area contributed by atoms with Gasteiger partial charge in [-0.1, -0.05) is 0 Å². The molecule has 0 saturated carbocycles. The Balaban J connectivity index is 2.34. The number of ether oxygens (including phenoxy) is 2. The van der Waals surface area contributed by atoms with Gasteiger partial charge in [-0.15, -0.1) is 0 Å². The smallest absolute Gasteiger partial charge is 0.409 e. The lowest BCUT2D eigenvalue weighted by Crippen LogP contribution is -2.58. The largest absolute Gasteiger partial charge is 0.468 e. The molecule has 0 aromatic heterocycles. The van der Waals surface area contributed by atoms with Gasteiger partial charge in [-0.25, -0.2) is 4.79 Å². The molecule has 0 aromatic carbocycles. The molecular weight excluding hydrogens is 188 g/mol. The van der Waals surface area contributed by atoms with E-state index in [0.717, 1.165) is 0 Å². The SMILES string of the molecule is COC(=O)C(N)C1CN(C(=O)OC)C1. The average molecular weight is 202 g/mol. The zero-order valence-electron chi connectivity index (χ0n) is 8.23. The summed E-state index contributed by atoms with van der Waals surface area (Å²) in [6.45, 7) is 0.895. The number of rotatable bonds is 2. The second kappa shape index (κ2) is 4.28. The Morgan fingerprint density at radius 1 is 1.36 bits per heavy atom. The predicted octanol–water partition coefficient (Wildman–Crippen LogP) is -0.815. The first-order valence-electron chi connectivity index (χ1n) is 4.26. The van der Waals surface area contributed by atoms with E-state index in [0.29, 0.717) is 13.1 Å². The molecule has 1 rings (SSSR count). The molecule has 1 amide bonds. The molecule has 6 nitrogen and oxygen atoms in total. The second-order valence-electron chi connectivity index (χ2n) is 3.18. The summed E-state index contributed by atoms with van der Waals surface area (Å²) < 4.78 is 8.99. The Kier molecular flexibility index (Phi) is 3.29. The van der Waals surface area contributed by atoms with Gasteiger partial charge < -0.3 is 20.1 Å². The van der Waals surface area contributed by atoms with E-state index in [1.165, 1.54) is 19.1 Å². The van der Waals surface area contributed by atoms with E-state index in [9.17, 15) is 9.59 Å². The number of nitrogens with zero attached hydrogens (tertiary/aromatic N) is 1. The molecule has 1 aliphatic rings. The van der Waals surface area contributed by atoms with E-state index in [4.69, 9.17) is 5.73 Å². The molecule has 0 bridgehead atoms. The van der Waals surface area contributed by atoms with Crippen molar-refractivity contribution < 1.29 is 19.1 Å². The standard InChI is InChI=1S/C8H14N2O4/c1-13-7(11)6(9)5-3-10(4-5)8(12)14-2/h5-6H,3-4,9H2,1-2H3. The molecule has 0 spiro atoms. The van der Waals surface area contributed by atoms with E-state index < -0.39 is 18.1 Å². The minimum Gasteiger partial charge on any atom is -0.468 e. The fourth-order valence-corrected chi connectivity index (χ4v) is 1.35. The Morgan fingerprint density at radius 2 is 1.93 bits per heavy atom. The molecule has 80 valence electrons. The number of methoxy groups -OCH3 is 2. The van der Waals surface area contributed by atoms with Crippen molar-refractivity contribution in [2.45, 2.75) is 6.04 Å². The molecular formula is C8H14N2O4. The third kappa shape index (κ3) is 1.95. The predicted molar refractivity (Wildman–Crippen MR) is 47.5 cm³/mol. The number of hydrogen-bond donors (Lipinski definition) is 1. The molecule has 6 heteroatoms. The van der Waals surface area contributed by atoms with Gasteiger partial charge in [-0.2, -0.15) is 0 Å². The molecule has 1 saturated heterocycles. The molecule has 1 atom stereocenters. The van der Waals surface area contributed by atoms with Gasteiger partial charge in [0, 0.05) is 19.0 Å². The van der Waals surface area contributed by atoms with Gasteiger partial charge >= 0.3 is 12.1 Å². The summed E-state index contributed by atoms with van der Waals surface area (Å²) in [7, 11) is 2.61. The van der Waals surface area contributed by atoms with Crippen LogP contribution in [0.15, 0.2) is 0 Å². The van der Waals surface area contributed by atoms with Crippen LogP contribution in [0.2, 0.25) is 0 Å². The van der Waals surface area contributed by atoms with Crippen LogP contribution >= 0.6 is 0 Å². The van der Waals surface area contributed by atoms with Crippen LogP contribution in [-0.4, -0.2) is 50.3 Å². The summed E-state index contributed by atoms with van der Waals surface area (Å²) >= 11 is 0. The molecule has 0 aromatic rings. The molecule has 1 fully saturated rings. The van der Waals surface area contributed by atoms with Crippen molar-refractivity contribution in [1.82, 2.24) is 4.90 Å². The summed E-state index contributed by atoms with van der Waals surface area (Å²) in [6.07, 6.45) is -0.390. The maximum atomic E-state index is 11.0. The van der Waals surface area contributed by atoms with Crippen molar-refractivity contribution in [1.29, 1.82) is 0 Å². The van der Waals surface area contributed by atoms with Crippen molar-refractivity contribution in [2.24, 2.45) is 11.7 Å². The zero-order chi connectivity index (χ0) is 10.7. The van der Waals surface area contributed by atoms with E-state index in [1.807, 2.05) is 0 Å². The summed E-state index contributed by atoms with van der Waals surface area (Å²) in [5.74, 6) is -0.471. The lowest BCUT2D eigenvalue weighted by Gasteiger charge is -2.39. The first-order chi connectivity index (χ1) is 6.60. The number of hydrogen-bond acceptors (Lipinski definition) is 5. The Morgan fingerprint density at radius 3 is 2.36 bits per heavy atom. The number of carbonyl (C=O) groups excluding carboxylic acids is 2. The van der Waals surface area contributed by atoms with Crippen molar-refractivity contribution in [3.8, 4) is 0 Å². The van der Waals surface area contributed by atoms with Gasteiger partial charge in [-0.05, 0) is 0 Å². The quantitative estimate of drug-likeness (QED) is 0.592. The highest BCUT2D eigenvalue weighted by Gasteiger charge is 2.38. The highest BCUT2D eigenvalue weighted by Crippen LogP contribution is 2.19. The molecule has 14 heavy (non-hydrogen) atoms. The third-order valence-electron chi connectivity index (χ3n) is 2.32. The first kappa shape index (κ1) is 10.8. The second-order valence-corrected chi connectivity index (χ2v) is 3.18. The van der Waals surface area contributed by atoms with Crippen LogP contribution in [0.1, 0.15) is 0 Å². The van der Waals surface area contributed by atoms with Crippen LogP contribution in [0.3, 0.4) is 0 Å². The molecule has 0 radical (unpaired) electrons. The number of nitrogens with two attached hydrogens (primary N) is 1. The van der Waals surface area contributed by atoms with Gasteiger partial charge in [0.1, 0.15) is 6.04 Å². The van der Waals surface area contributed by atoms with Crippen LogP contribution in [0, 0.1) is 5.92 Å². The van der Waals surface area contributed by atoms with E-state index >= 15 is 0 Å². The van der Waals surface area contributed by atoms with E-state index in [2.05, 4.69) is 9.47 Å². The molecule has 1 heterocycles. The van der Waals surface area contributed by atoms with Crippen LogP contribution in [0.25, 0.3) is 0 Å². The lowest BCUT2D eigenvalue weighted by molar-refractivity contribution is -0.145. The van der Waals surface area contributed by atoms with Gasteiger partial charge in [0.15, 0.2) is 0 Å². The van der Waals surface area contributed by atoms with Crippen LogP contribution in [0.5, 0.6) is 0 Å². The minimum atomic E-state index is -0.652. The maximum absolute atomic E-state index is 11.0. The minimum absolute atomic E-state index is 0.0263. The Hall–Kier alpha value is -1.30. The highest BCUT2D eigenvalue weighted by atomic mass is 16.5. The van der Waals surface area contributed by atoms with E-state index in [-0.39, 0.29) is 5.92 Å². The van der Waals surface area contributed by atoms with E-state index in [1.54, 1.807) is 0 Å². The Labute approximate surface area is 81.9 Å². The summed E-state index contributed by atoms with van der Waals surface area (Å²) in [4.78, 5) is 23.4. The van der Waals surface area contributed by atoms with Gasteiger partial charge in [0.2, 0.25) is 0 Å². The average Bonchev–Trinajstić information content (AvgIpc) is 2.13. The van der Waals surface area contributed by atoms with Crippen molar-refractivity contribution >= 4 is 12.1 Å².